The Labute approximate surface area is 118 Å². The van der Waals surface area contributed by atoms with Gasteiger partial charge in [-0.2, -0.15) is 0 Å². The molecule has 96 valence electrons. The van der Waals surface area contributed by atoms with Gasteiger partial charge in [-0.05, 0) is 35.5 Å². The van der Waals surface area contributed by atoms with E-state index in [-0.39, 0.29) is 11.9 Å². The number of hydrogen-bond acceptors (Lipinski definition) is 3. The zero-order valence-electron chi connectivity index (χ0n) is 10.2. The Morgan fingerprint density at radius 1 is 1.50 bits per heavy atom. The van der Waals surface area contributed by atoms with Gasteiger partial charge in [-0.1, -0.05) is 19.1 Å². The summed E-state index contributed by atoms with van der Waals surface area (Å²) in [6, 6.07) is 5.23. The first-order chi connectivity index (χ1) is 8.65. The lowest BCUT2D eigenvalue weighted by atomic mass is 10.0. The fourth-order valence-corrected chi connectivity index (χ4v) is 3.16. The van der Waals surface area contributed by atoms with Crippen LogP contribution in [-0.4, -0.2) is 11.5 Å². The van der Waals surface area contributed by atoms with Crippen molar-refractivity contribution >= 4 is 27.3 Å². The summed E-state index contributed by atoms with van der Waals surface area (Å²) in [5.74, 6) is -0.212. The van der Waals surface area contributed by atoms with Gasteiger partial charge in [0.2, 0.25) is 0 Å². The third kappa shape index (κ3) is 2.63. The van der Waals surface area contributed by atoms with Gasteiger partial charge in [0.05, 0.1) is 21.7 Å². The van der Waals surface area contributed by atoms with Crippen LogP contribution in [0, 0.1) is 12.7 Å². The number of nitrogens with one attached hydrogen (secondary N) is 1. The molecule has 0 saturated carbocycles. The maximum Gasteiger partial charge on any atom is 0.142 e. The van der Waals surface area contributed by atoms with Crippen molar-refractivity contribution in [3.05, 3.63) is 50.1 Å². The topological polar surface area (TPSA) is 24.9 Å². The summed E-state index contributed by atoms with van der Waals surface area (Å²) in [6.07, 6.45) is 0. The Hall–Kier alpha value is -0.780. The first-order valence-corrected chi connectivity index (χ1v) is 7.39. The van der Waals surface area contributed by atoms with E-state index in [9.17, 15) is 4.39 Å². The molecule has 1 unspecified atom stereocenters. The highest BCUT2D eigenvalue weighted by molar-refractivity contribution is 9.10. The fraction of sp³-hybridized carbons (Fsp3) is 0.308. The normalized spacial score (nSPS) is 12.7. The molecule has 0 radical (unpaired) electrons. The Morgan fingerprint density at radius 2 is 2.28 bits per heavy atom. The van der Waals surface area contributed by atoms with Gasteiger partial charge in [-0.3, -0.25) is 0 Å². The molecule has 0 amide bonds. The molecule has 18 heavy (non-hydrogen) atoms. The van der Waals surface area contributed by atoms with E-state index >= 15 is 0 Å². The van der Waals surface area contributed by atoms with Crippen LogP contribution in [0.25, 0.3) is 0 Å². The molecule has 1 N–H and O–H groups in total. The van der Waals surface area contributed by atoms with Gasteiger partial charge >= 0.3 is 0 Å². The largest absolute Gasteiger partial charge is 0.306 e. The third-order valence-corrected chi connectivity index (χ3v) is 4.35. The smallest absolute Gasteiger partial charge is 0.142 e. The molecule has 1 heterocycles. The van der Waals surface area contributed by atoms with E-state index in [2.05, 4.69) is 26.2 Å². The van der Waals surface area contributed by atoms with Crippen LogP contribution in [0.1, 0.15) is 29.1 Å². The van der Waals surface area contributed by atoms with Crippen LogP contribution in [0.5, 0.6) is 0 Å². The molecule has 0 aliphatic rings. The minimum absolute atomic E-state index is 0.139. The number of aryl methyl sites for hydroxylation is 1. The van der Waals surface area contributed by atoms with E-state index in [1.807, 2.05) is 26.0 Å². The van der Waals surface area contributed by atoms with Gasteiger partial charge in [0.25, 0.3) is 0 Å². The van der Waals surface area contributed by atoms with E-state index in [4.69, 9.17) is 0 Å². The number of nitrogens with zero attached hydrogens (tertiary/aromatic N) is 1. The standard InChI is InChI=1S/C13H14BrFN2S/c1-3-16-12(13-8(2)17-7-18-13)9-5-4-6-10(14)11(9)15/h4-7,12,16H,3H2,1-2H3. The second-order valence-electron chi connectivity index (χ2n) is 3.94. The number of thiazole rings is 1. The van der Waals surface area contributed by atoms with Crippen molar-refractivity contribution in [1.82, 2.24) is 10.3 Å². The Morgan fingerprint density at radius 3 is 2.89 bits per heavy atom. The molecule has 0 saturated heterocycles. The van der Waals surface area contributed by atoms with E-state index in [1.165, 1.54) is 0 Å². The summed E-state index contributed by atoms with van der Waals surface area (Å²) in [4.78, 5) is 5.31. The van der Waals surface area contributed by atoms with Crippen LogP contribution in [0.3, 0.4) is 0 Å². The zero-order chi connectivity index (χ0) is 13.1. The molecule has 0 fully saturated rings. The predicted molar refractivity (Wildman–Crippen MR) is 76.5 cm³/mol. The summed E-state index contributed by atoms with van der Waals surface area (Å²) in [6.45, 7) is 4.74. The number of halogens is 2. The van der Waals surface area contributed by atoms with Crippen molar-refractivity contribution in [2.45, 2.75) is 19.9 Å². The second-order valence-corrected chi connectivity index (χ2v) is 5.68. The first kappa shape index (κ1) is 13.6. The van der Waals surface area contributed by atoms with Crippen LogP contribution in [0.4, 0.5) is 4.39 Å². The second kappa shape index (κ2) is 5.91. The average molecular weight is 329 g/mol. The van der Waals surface area contributed by atoms with Crippen molar-refractivity contribution in [1.29, 1.82) is 0 Å². The lowest BCUT2D eigenvalue weighted by Crippen LogP contribution is -2.23. The minimum Gasteiger partial charge on any atom is -0.306 e. The summed E-state index contributed by atoms with van der Waals surface area (Å²) in [5, 5.41) is 3.32. The molecule has 5 heteroatoms. The summed E-state index contributed by atoms with van der Waals surface area (Å²) < 4.78 is 14.7. The minimum atomic E-state index is -0.212. The maximum atomic E-state index is 14.2. The summed E-state index contributed by atoms with van der Waals surface area (Å²) >= 11 is 4.78. The van der Waals surface area contributed by atoms with E-state index < -0.39 is 0 Å². The van der Waals surface area contributed by atoms with Crippen molar-refractivity contribution in [3.8, 4) is 0 Å². The molecule has 0 bridgehead atoms. The Bertz CT molecular complexity index is 542. The molecule has 0 spiro atoms. The van der Waals surface area contributed by atoms with Gasteiger partial charge in [-0.25, -0.2) is 9.37 Å². The van der Waals surface area contributed by atoms with Crippen molar-refractivity contribution in [3.63, 3.8) is 0 Å². The zero-order valence-corrected chi connectivity index (χ0v) is 12.6. The Balaban J connectivity index is 2.48. The van der Waals surface area contributed by atoms with Crippen molar-refractivity contribution < 1.29 is 4.39 Å². The van der Waals surface area contributed by atoms with Crippen LogP contribution in [0.2, 0.25) is 0 Å². The van der Waals surface area contributed by atoms with Gasteiger partial charge in [0.1, 0.15) is 5.82 Å². The molecule has 0 aliphatic carbocycles. The lowest BCUT2D eigenvalue weighted by Gasteiger charge is -2.18. The monoisotopic (exact) mass is 328 g/mol. The number of hydrogen-bond donors (Lipinski definition) is 1. The highest BCUT2D eigenvalue weighted by Crippen LogP contribution is 2.31. The number of aromatic nitrogens is 1. The predicted octanol–water partition coefficient (Wildman–Crippen LogP) is 4.05. The molecule has 1 atom stereocenters. The maximum absolute atomic E-state index is 14.2. The molecule has 0 aliphatic heterocycles. The van der Waals surface area contributed by atoms with Crippen LogP contribution in [-0.2, 0) is 0 Å². The molecule has 1 aromatic heterocycles. The third-order valence-electron chi connectivity index (χ3n) is 2.75. The average Bonchev–Trinajstić information content (AvgIpc) is 2.76. The number of rotatable bonds is 4. The van der Waals surface area contributed by atoms with E-state index in [0.29, 0.717) is 10.0 Å². The first-order valence-electron chi connectivity index (χ1n) is 5.72. The molecule has 2 rings (SSSR count). The molecule has 1 aromatic carbocycles. The highest BCUT2D eigenvalue weighted by Gasteiger charge is 2.21. The molecular weight excluding hydrogens is 315 g/mol. The SMILES string of the molecule is CCNC(c1cccc(Br)c1F)c1scnc1C. The van der Waals surface area contributed by atoms with E-state index in [0.717, 1.165) is 17.1 Å². The fourth-order valence-electron chi connectivity index (χ4n) is 1.88. The van der Waals surface area contributed by atoms with Crippen LogP contribution >= 0.6 is 27.3 Å². The van der Waals surface area contributed by atoms with Gasteiger partial charge in [0, 0.05) is 10.4 Å². The molecule has 2 nitrogen and oxygen atoms in total. The van der Waals surface area contributed by atoms with E-state index in [1.54, 1.807) is 22.9 Å². The van der Waals surface area contributed by atoms with Crippen molar-refractivity contribution in [2.75, 3.05) is 6.54 Å². The lowest BCUT2D eigenvalue weighted by molar-refractivity contribution is 0.557. The summed E-state index contributed by atoms with van der Waals surface area (Å²) in [7, 11) is 0. The highest BCUT2D eigenvalue weighted by atomic mass is 79.9. The van der Waals surface area contributed by atoms with Crippen LogP contribution < -0.4 is 5.32 Å². The number of benzene rings is 1. The van der Waals surface area contributed by atoms with Crippen LogP contribution in [0.15, 0.2) is 28.2 Å². The van der Waals surface area contributed by atoms with Gasteiger partial charge in [-0.15, -0.1) is 11.3 Å². The molecule has 2 aromatic rings. The Kier molecular flexibility index (Phi) is 4.48. The van der Waals surface area contributed by atoms with Crippen molar-refractivity contribution in [2.24, 2.45) is 0 Å². The van der Waals surface area contributed by atoms with Gasteiger partial charge < -0.3 is 5.32 Å². The van der Waals surface area contributed by atoms with Gasteiger partial charge in [0.15, 0.2) is 0 Å². The quantitative estimate of drug-likeness (QED) is 0.915. The molecular formula is C13H14BrFN2S. The summed E-state index contributed by atoms with van der Waals surface area (Å²) in [5.41, 5.74) is 3.40.